The van der Waals surface area contributed by atoms with Crippen LogP contribution in [-0.2, 0) is 0 Å². The van der Waals surface area contributed by atoms with Crippen LogP contribution in [0.25, 0.3) is 11.0 Å². The number of hydrogen-bond acceptors (Lipinski definition) is 5. The number of ether oxygens (including phenoxy) is 1. The zero-order valence-corrected chi connectivity index (χ0v) is 14.4. The molecule has 2 aromatic carbocycles. The maximum absolute atomic E-state index is 12.9. The molecule has 0 radical (unpaired) electrons. The summed E-state index contributed by atoms with van der Waals surface area (Å²) in [6.07, 6.45) is 0. The quantitative estimate of drug-likeness (QED) is 0.464. The molecule has 0 saturated carbocycles. The highest BCUT2D eigenvalue weighted by Crippen LogP contribution is 2.46. The molecule has 0 aliphatic carbocycles. The Bertz CT molecular complexity index is 1310. The van der Waals surface area contributed by atoms with Crippen LogP contribution in [0.5, 0.6) is 11.6 Å². The Labute approximate surface area is 153 Å². The van der Waals surface area contributed by atoms with Crippen molar-refractivity contribution in [1.29, 1.82) is 0 Å². The van der Waals surface area contributed by atoms with Crippen LogP contribution in [0, 0.1) is 6.92 Å². The van der Waals surface area contributed by atoms with Crippen molar-refractivity contribution in [2.45, 2.75) is 12.8 Å². The van der Waals surface area contributed by atoms with Gasteiger partial charge in [-0.2, -0.15) is 4.98 Å². The number of H-pyrrole nitrogens is 1. The number of nitrogens with one attached hydrogen (secondary N) is 1. The van der Waals surface area contributed by atoms with Crippen LogP contribution in [-0.4, -0.2) is 9.97 Å². The fraction of sp³-hybridized carbons (Fsp3) is 0.0952. The van der Waals surface area contributed by atoms with Crippen molar-refractivity contribution in [2.24, 2.45) is 0 Å². The Morgan fingerprint density at radius 3 is 2.52 bits per heavy atom. The summed E-state index contributed by atoms with van der Waals surface area (Å²) in [5.41, 5.74) is 0.985. The van der Waals surface area contributed by atoms with Crippen LogP contribution in [0.2, 0.25) is 0 Å². The Hall–Kier alpha value is -3.67. The molecule has 0 amide bonds. The van der Waals surface area contributed by atoms with Gasteiger partial charge in [0.2, 0.25) is 5.88 Å². The Morgan fingerprint density at radius 1 is 0.963 bits per heavy atom. The summed E-state index contributed by atoms with van der Waals surface area (Å²) in [4.78, 5) is 32.7. The van der Waals surface area contributed by atoms with Gasteiger partial charge in [0.1, 0.15) is 11.4 Å². The summed E-state index contributed by atoms with van der Waals surface area (Å²) < 4.78 is 11.5. The van der Waals surface area contributed by atoms with Crippen LogP contribution in [0.4, 0.5) is 0 Å². The molecule has 1 aliphatic heterocycles. The number of aromatic nitrogens is 2. The molecule has 6 nitrogen and oxygen atoms in total. The van der Waals surface area contributed by atoms with Gasteiger partial charge in [-0.3, -0.25) is 4.79 Å². The predicted octanol–water partition coefficient (Wildman–Crippen LogP) is 3.47. The molecule has 1 aliphatic rings. The molecule has 0 fully saturated rings. The maximum atomic E-state index is 12.9. The van der Waals surface area contributed by atoms with Crippen LogP contribution in [0.1, 0.15) is 28.4 Å². The first-order valence-corrected chi connectivity index (χ1v) is 8.53. The summed E-state index contributed by atoms with van der Waals surface area (Å²) in [5.74, 6) is 0.429. The standard InChI is InChI=1S/C21H14N2O4/c1-11-22-19(24)17-15(12-7-3-2-4-8-12)16-18(27-20(17)23-11)13-9-5-6-10-14(13)26-21(16)25/h2-10,15H,1H3,(H,22,23,24)/t15-/m1/s1. The summed E-state index contributed by atoms with van der Waals surface area (Å²) in [6.45, 7) is 1.69. The van der Waals surface area contributed by atoms with Gasteiger partial charge in [0.25, 0.3) is 5.56 Å². The van der Waals surface area contributed by atoms with Crippen LogP contribution < -0.4 is 15.9 Å². The fourth-order valence-corrected chi connectivity index (χ4v) is 3.62. The molecule has 1 atom stereocenters. The van der Waals surface area contributed by atoms with E-state index in [0.717, 1.165) is 5.56 Å². The molecule has 5 rings (SSSR count). The lowest BCUT2D eigenvalue weighted by Crippen LogP contribution is -2.28. The number of para-hydroxylation sites is 1. The molecule has 2 aromatic heterocycles. The van der Waals surface area contributed by atoms with E-state index in [2.05, 4.69) is 9.97 Å². The van der Waals surface area contributed by atoms with Gasteiger partial charge in [0.15, 0.2) is 5.75 Å². The summed E-state index contributed by atoms with van der Waals surface area (Å²) >= 11 is 0. The van der Waals surface area contributed by atoms with E-state index in [1.165, 1.54) is 0 Å². The number of aryl methyl sites for hydroxylation is 1. The van der Waals surface area contributed by atoms with Crippen LogP contribution in [0.3, 0.4) is 0 Å². The third-order valence-electron chi connectivity index (χ3n) is 4.75. The van der Waals surface area contributed by atoms with Crippen molar-refractivity contribution in [3.8, 4) is 11.6 Å². The van der Waals surface area contributed by atoms with Gasteiger partial charge in [-0.05, 0) is 24.6 Å². The average molecular weight is 358 g/mol. The van der Waals surface area contributed by atoms with Gasteiger partial charge in [0, 0.05) is 0 Å². The molecule has 3 heterocycles. The first-order valence-electron chi connectivity index (χ1n) is 8.53. The maximum Gasteiger partial charge on any atom is 0.344 e. The topological polar surface area (TPSA) is 85.2 Å². The minimum atomic E-state index is -0.623. The molecule has 132 valence electrons. The molecule has 0 unspecified atom stereocenters. The van der Waals surface area contributed by atoms with Crippen molar-refractivity contribution >= 4 is 11.0 Å². The second-order valence-electron chi connectivity index (χ2n) is 6.44. The first-order chi connectivity index (χ1) is 13.1. The largest absolute Gasteiger partial charge is 0.437 e. The lowest BCUT2D eigenvalue weighted by Gasteiger charge is -2.26. The van der Waals surface area contributed by atoms with Gasteiger partial charge in [-0.15, -0.1) is 0 Å². The molecular formula is C21H14N2O4. The smallest absolute Gasteiger partial charge is 0.344 e. The zero-order valence-electron chi connectivity index (χ0n) is 14.4. The summed E-state index contributed by atoms with van der Waals surface area (Å²) in [6, 6.07) is 16.5. The van der Waals surface area contributed by atoms with Gasteiger partial charge < -0.3 is 14.1 Å². The van der Waals surface area contributed by atoms with Gasteiger partial charge in [-0.1, -0.05) is 42.5 Å². The Kier molecular flexibility index (Phi) is 3.27. The Balaban J connectivity index is 1.93. The molecule has 0 saturated heterocycles. The van der Waals surface area contributed by atoms with Crippen molar-refractivity contribution < 1.29 is 9.15 Å². The lowest BCUT2D eigenvalue weighted by atomic mass is 9.84. The van der Waals surface area contributed by atoms with E-state index >= 15 is 0 Å². The van der Waals surface area contributed by atoms with Crippen molar-refractivity contribution in [2.75, 3.05) is 0 Å². The summed E-state index contributed by atoms with van der Waals surface area (Å²) in [5, 5.41) is 0.665. The van der Waals surface area contributed by atoms with E-state index in [4.69, 9.17) is 9.15 Å². The number of aromatic amines is 1. The molecule has 27 heavy (non-hydrogen) atoms. The molecule has 6 heteroatoms. The first kappa shape index (κ1) is 15.6. The van der Waals surface area contributed by atoms with E-state index in [1.54, 1.807) is 19.1 Å². The normalized spacial score (nSPS) is 15.1. The van der Waals surface area contributed by atoms with E-state index in [1.807, 2.05) is 42.5 Å². The van der Waals surface area contributed by atoms with E-state index < -0.39 is 11.5 Å². The Morgan fingerprint density at radius 2 is 1.70 bits per heavy atom. The predicted molar refractivity (Wildman–Crippen MR) is 99.5 cm³/mol. The van der Waals surface area contributed by atoms with E-state index in [9.17, 15) is 9.59 Å². The van der Waals surface area contributed by atoms with Gasteiger partial charge in [0.05, 0.1) is 22.4 Å². The highest BCUT2D eigenvalue weighted by molar-refractivity contribution is 5.86. The second-order valence-corrected chi connectivity index (χ2v) is 6.44. The monoisotopic (exact) mass is 358 g/mol. The fourth-order valence-electron chi connectivity index (χ4n) is 3.62. The lowest BCUT2D eigenvalue weighted by molar-refractivity contribution is 0.419. The highest BCUT2D eigenvalue weighted by Gasteiger charge is 2.36. The minimum Gasteiger partial charge on any atom is -0.437 e. The number of rotatable bonds is 1. The zero-order chi connectivity index (χ0) is 18.5. The molecule has 1 N–H and O–H groups in total. The van der Waals surface area contributed by atoms with Gasteiger partial charge in [-0.25, -0.2) is 4.79 Å². The number of fused-ring (bicyclic) bond motifs is 4. The highest BCUT2D eigenvalue weighted by atomic mass is 16.5. The minimum absolute atomic E-state index is 0.216. The van der Waals surface area contributed by atoms with Crippen LogP contribution >= 0.6 is 0 Å². The van der Waals surface area contributed by atoms with Crippen LogP contribution in [0.15, 0.2) is 68.6 Å². The van der Waals surface area contributed by atoms with Gasteiger partial charge >= 0.3 is 5.63 Å². The number of hydrogen-bond donors (Lipinski definition) is 1. The second kappa shape index (κ2) is 5.67. The van der Waals surface area contributed by atoms with Crippen molar-refractivity contribution in [3.63, 3.8) is 0 Å². The molecule has 0 spiro atoms. The van der Waals surface area contributed by atoms with E-state index in [-0.39, 0.29) is 11.4 Å². The number of benzene rings is 2. The van der Waals surface area contributed by atoms with Crippen molar-refractivity contribution in [3.05, 3.63) is 97.9 Å². The average Bonchev–Trinajstić information content (AvgIpc) is 2.67. The van der Waals surface area contributed by atoms with Crippen molar-refractivity contribution in [1.82, 2.24) is 9.97 Å². The number of nitrogens with zero attached hydrogens (tertiary/aromatic N) is 1. The molecule has 4 aromatic rings. The SMILES string of the molecule is Cc1nc2c(c(=O)[nH]1)[C@H](c1ccccc1)c1c(c3ccccc3oc1=O)O2. The molecule has 0 bridgehead atoms. The summed E-state index contributed by atoms with van der Waals surface area (Å²) in [7, 11) is 0. The third kappa shape index (κ3) is 2.30. The third-order valence-corrected chi connectivity index (χ3v) is 4.75. The molecular weight excluding hydrogens is 344 g/mol. The van der Waals surface area contributed by atoms with E-state index in [0.29, 0.717) is 33.7 Å².